The molecule has 3 amide bonds. The van der Waals surface area contributed by atoms with Crippen molar-refractivity contribution in [2.75, 3.05) is 33.9 Å². The van der Waals surface area contributed by atoms with Gasteiger partial charge in [-0.15, -0.1) is 0 Å². The van der Waals surface area contributed by atoms with Crippen LogP contribution in [0, 0.1) is 5.92 Å². The van der Waals surface area contributed by atoms with Gasteiger partial charge in [0, 0.05) is 31.8 Å². The second-order valence-corrected chi connectivity index (χ2v) is 7.65. The van der Waals surface area contributed by atoms with Gasteiger partial charge in [-0.2, -0.15) is 0 Å². The number of nitrogens with zero attached hydrogens (tertiary/aromatic N) is 1. The van der Waals surface area contributed by atoms with Gasteiger partial charge in [-0.1, -0.05) is 6.92 Å². The van der Waals surface area contributed by atoms with Crippen molar-refractivity contribution in [2.24, 2.45) is 5.92 Å². The monoisotopic (exact) mass is 419 g/mol. The summed E-state index contributed by atoms with van der Waals surface area (Å²) >= 11 is 0. The lowest BCUT2D eigenvalue weighted by Crippen LogP contribution is -2.55. The number of carbonyl (C=O) groups excluding carboxylic acids is 3. The molecule has 8 heteroatoms. The van der Waals surface area contributed by atoms with Gasteiger partial charge in [0.1, 0.15) is 18.4 Å². The minimum atomic E-state index is -0.659. The number of likely N-dealkylation sites (tertiary alicyclic amines) is 1. The number of hydrogen-bond donors (Lipinski definition) is 2. The van der Waals surface area contributed by atoms with E-state index in [9.17, 15) is 14.4 Å². The van der Waals surface area contributed by atoms with Crippen LogP contribution in [-0.2, 0) is 14.3 Å². The van der Waals surface area contributed by atoms with Crippen LogP contribution in [0.3, 0.4) is 0 Å². The van der Waals surface area contributed by atoms with E-state index >= 15 is 0 Å². The molecule has 2 atom stereocenters. The average molecular weight is 420 g/mol. The molecule has 2 N–H and O–H groups in total. The fourth-order valence-electron chi connectivity index (χ4n) is 3.50. The van der Waals surface area contributed by atoms with Gasteiger partial charge in [0.25, 0.3) is 5.91 Å². The number of carbonyl (C=O) groups is 3. The Kier molecular flexibility index (Phi) is 9.11. The summed E-state index contributed by atoms with van der Waals surface area (Å²) in [6.45, 7) is 5.07. The molecular weight excluding hydrogens is 386 g/mol. The van der Waals surface area contributed by atoms with Gasteiger partial charge in [0.2, 0.25) is 11.8 Å². The predicted molar refractivity (Wildman–Crippen MR) is 113 cm³/mol. The minimum absolute atomic E-state index is 0.0151. The molecule has 166 valence electrons. The van der Waals surface area contributed by atoms with Gasteiger partial charge in [0.05, 0.1) is 7.11 Å². The average Bonchev–Trinajstić information content (AvgIpc) is 2.77. The number of ether oxygens (including phenoxy) is 2. The first-order valence-electron chi connectivity index (χ1n) is 10.4. The van der Waals surface area contributed by atoms with Crippen LogP contribution in [0.15, 0.2) is 24.3 Å². The number of rotatable bonds is 9. The first-order valence-corrected chi connectivity index (χ1v) is 10.4. The van der Waals surface area contributed by atoms with Crippen molar-refractivity contribution in [1.82, 2.24) is 15.5 Å². The zero-order valence-electron chi connectivity index (χ0n) is 18.3. The van der Waals surface area contributed by atoms with Crippen LogP contribution in [0.2, 0.25) is 0 Å². The van der Waals surface area contributed by atoms with Gasteiger partial charge in [0.15, 0.2) is 0 Å². The molecule has 1 fully saturated rings. The van der Waals surface area contributed by atoms with Crippen LogP contribution in [0.25, 0.3) is 0 Å². The SMILES string of the molecule is CC[C@@H](C)NC(=O)[C@H](NC(=O)c1ccc(OC)cc1)C1CCN(C(=O)COC)CC1. The highest BCUT2D eigenvalue weighted by Gasteiger charge is 2.34. The summed E-state index contributed by atoms with van der Waals surface area (Å²) in [6, 6.07) is 6.12. The summed E-state index contributed by atoms with van der Waals surface area (Å²) in [5.41, 5.74) is 0.463. The Morgan fingerprint density at radius 2 is 1.73 bits per heavy atom. The van der Waals surface area contributed by atoms with Crippen LogP contribution >= 0.6 is 0 Å². The van der Waals surface area contributed by atoms with Crippen molar-refractivity contribution >= 4 is 17.7 Å². The summed E-state index contributed by atoms with van der Waals surface area (Å²) in [4.78, 5) is 39.5. The van der Waals surface area contributed by atoms with E-state index in [2.05, 4.69) is 10.6 Å². The summed E-state index contributed by atoms with van der Waals surface area (Å²) in [7, 11) is 3.06. The molecule has 1 heterocycles. The standard InChI is InChI=1S/C22H33N3O5/c1-5-15(2)23-22(28)20(16-10-12-25(13-11-16)19(26)14-29-3)24-21(27)17-6-8-18(30-4)9-7-17/h6-9,15-16,20H,5,10-14H2,1-4H3,(H,23,28)(H,24,27)/t15-,20-/m1/s1. The topological polar surface area (TPSA) is 97.0 Å². The number of hydrogen-bond acceptors (Lipinski definition) is 5. The number of amides is 3. The lowest BCUT2D eigenvalue weighted by Gasteiger charge is -2.36. The Labute approximate surface area is 178 Å². The van der Waals surface area contributed by atoms with E-state index < -0.39 is 6.04 Å². The minimum Gasteiger partial charge on any atom is -0.497 e. The molecule has 0 aliphatic carbocycles. The van der Waals surface area contributed by atoms with Gasteiger partial charge < -0.3 is 25.0 Å². The van der Waals surface area contributed by atoms with E-state index in [-0.39, 0.29) is 36.3 Å². The molecule has 2 rings (SSSR count). The molecule has 0 unspecified atom stereocenters. The van der Waals surface area contributed by atoms with Crippen LogP contribution in [0.1, 0.15) is 43.5 Å². The quantitative estimate of drug-likeness (QED) is 0.634. The molecule has 0 bridgehead atoms. The van der Waals surface area contributed by atoms with Crippen LogP contribution < -0.4 is 15.4 Å². The molecule has 1 aromatic carbocycles. The van der Waals surface area contributed by atoms with Crippen LogP contribution in [0.4, 0.5) is 0 Å². The predicted octanol–water partition coefficient (Wildman–Crippen LogP) is 1.59. The van der Waals surface area contributed by atoms with Gasteiger partial charge in [-0.05, 0) is 56.4 Å². The van der Waals surface area contributed by atoms with Crippen molar-refractivity contribution in [1.29, 1.82) is 0 Å². The van der Waals surface area contributed by atoms with E-state index in [1.807, 2.05) is 13.8 Å². The third kappa shape index (κ3) is 6.45. The third-order valence-corrected chi connectivity index (χ3v) is 5.55. The molecular formula is C22H33N3O5. The Bertz CT molecular complexity index is 714. The van der Waals surface area contributed by atoms with Crippen molar-refractivity contribution in [3.8, 4) is 5.75 Å². The highest BCUT2D eigenvalue weighted by molar-refractivity contribution is 5.97. The second kappa shape index (κ2) is 11.5. The molecule has 0 radical (unpaired) electrons. The summed E-state index contributed by atoms with van der Waals surface area (Å²) in [5, 5.41) is 5.90. The maximum absolute atomic E-state index is 13.0. The largest absolute Gasteiger partial charge is 0.497 e. The highest BCUT2D eigenvalue weighted by atomic mass is 16.5. The molecule has 1 saturated heterocycles. The number of methoxy groups -OCH3 is 2. The van der Waals surface area contributed by atoms with E-state index in [0.29, 0.717) is 37.2 Å². The summed E-state index contributed by atoms with van der Waals surface area (Å²) in [5.74, 6) is 0.0557. The molecule has 1 aromatic rings. The molecule has 0 spiro atoms. The second-order valence-electron chi connectivity index (χ2n) is 7.65. The summed E-state index contributed by atoms with van der Waals surface area (Å²) < 4.78 is 10.1. The third-order valence-electron chi connectivity index (χ3n) is 5.55. The van der Waals surface area contributed by atoms with Gasteiger partial charge in [-0.3, -0.25) is 14.4 Å². The summed E-state index contributed by atoms with van der Waals surface area (Å²) in [6.07, 6.45) is 2.07. The maximum Gasteiger partial charge on any atom is 0.251 e. The lowest BCUT2D eigenvalue weighted by atomic mass is 9.88. The smallest absolute Gasteiger partial charge is 0.251 e. The zero-order chi connectivity index (χ0) is 22.1. The van der Waals surface area contributed by atoms with E-state index in [4.69, 9.17) is 9.47 Å². The number of piperidine rings is 1. The fourth-order valence-corrected chi connectivity index (χ4v) is 3.50. The lowest BCUT2D eigenvalue weighted by molar-refractivity contribution is -0.136. The molecule has 1 aliphatic rings. The highest BCUT2D eigenvalue weighted by Crippen LogP contribution is 2.22. The number of benzene rings is 1. The molecule has 30 heavy (non-hydrogen) atoms. The number of nitrogens with one attached hydrogen (secondary N) is 2. The zero-order valence-corrected chi connectivity index (χ0v) is 18.3. The Morgan fingerprint density at radius 3 is 2.27 bits per heavy atom. The van der Waals surface area contributed by atoms with Crippen LogP contribution in [-0.4, -0.2) is 68.6 Å². The Morgan fingerprint density at radius 1 is 1.10 bits per heavy atom. The van der Waals surface area contributed by atoms with E-state index in [1.54, 1.807) is 36.3 Å². The van der Waals surface area contributed by atoms with Gasteiger partial charge >= 0.3 is 0 Å². The Balaban J connectivity index is 2.09. The fraction of sp³-hybridized carbons (Fsp3) is 0.591. The molecule has 0 saturated carbocycles. The first-order chi connectivity index (χ1) is 14.4. The van der Waals surface area contributed by atoms with Crippen molar-refractivity contribution < 1.29 is 23.9 Å². The Hall–Kier alpha value is -2.61. The first kappa shape index (κ1) is 23.7. The van der Waals surface area contributed by atoms with Crippen molar-refractivity contribution in [3.63, 3.8) is 0 Å². The van der Waals surface area contributed by atoms with Crippen LogP contribution in [0.5, 0.6) is 5.75 Å². The molecule has 0 aromatic heterocycles. The van der Waals surface area contributed by atoms with Crippen molar-refractivity contribution in [3.05, 3.63) is 29.8 Å². The molecule has 1 aliphatic heterocycles. The van der Waals surface area contributed by atoms with E-state index in [1.165, 1.54) is 7.11 Å². The van der Waals surface area contributed by atoms with Crippen molar-refractivity contribution in [2.45, 2.75) is 45.2 Å². The van der Waals surface area contributed by atoms with Gasteiger partial charge in [-0.25, -0.2) is 0 Å². The normalized spacial score (nSPS) is 16.5. The molecule has 8 nitrogen and oxygen atoms in total. The maximum atomic E-state index is 13.0. The van der Waals surface area contributed by atoms with E-state index in [0.717, 1.165) is 6.42 Å².